The maximum Gasteiger partial charge on any atom is 0.198 e. The smallest absolute Gasteiger partial charge is 0.198 e. The minimum Gasteiger partial charge on any atom is -0.272 e. The van der Waals surface area contributed by atoms with Crippen molar-refractivity contribution in [2.24, 2.45) is 5.92 Å². The van der Waals surface area contributed by atoms with Crippen LogP contribution in [0, 0.1) is 12.8 Å². The van der Waals surface area contributed by atoms with Crippen molar-refractivity contribution in [1.29, 1.82) is 0 Å². The third kappa shape index (κ3) is 3.04. The van der Waals surface area contributed by atoms with Crippen LogP contribution in [0.1, 0.15) is 26.0 Å². The van der Waals surface area contributed by atoms with Crippen molar-refractivity contribution in [3.8, 4) is 11.3 Å². The molecule has 0 saturated carbocycles. The Balaban J connectivity index is 1.88. The van der Waals surface area contributed by atoms with Gasteiger partial charge < -0.3 is 0 Å². The van der Waals surface area contributed by atoms with E-state index in [1.165, 1.54) is 0 Å². The molecule has 3 heterocycles. The molecule has 3 aromatic rings. The van der Waals surface area contributed by atoms with Crippen LogP contribution in [0.15, 0.2) is 24.8 Å². The van der Waals surface area contributed by atoms with Crippen molar-refractivity contribution in [2.75, 3.05) is 0 Å². The zero-order valence-corrected chi connectivity index (χ0v) is 12.5. The molecule has 0 amide bonds. The lowest BCUT2D eigenvalue weighted by molar-refractivity contribution is 0.487. The molecule has 0 spiro atoms. The average molecular weight is 282 g/mol. The van der Waals surface area contributed by atoms with E-state index in [0.717, 1.165) is 29.9 Å². The summed E-state index contributed by atoms with van der Waals surface area (Å²) >= 11 is 0. The van der Waals surface area contributed by atoms with Crippen molar-refractivity contribution in [3.63, 3.8) is 0 Å². The Hall–Kier alpha value is -2.37. The van der Waals surface area contributed by atoms with Gasteiger partial charge in [0.05, 0.1) is 30.0 Å². The summed E-state index contributed by atoms with van der Waals surface area (Å²) in [5.74, 6) is 0.664. The van der Waals surface area contributed by atoms with E-state index >= 15 is 0 Å². The summed E-state index contributed by atoms with van der Waals surface area (Å²) in [4.78, 5) is 17.4. The molecule has 6 heteroatoms. The van der Waals surface area contributed by atoms with Crippen LogP contribution in [0.4, 0.5) is 0 Å². The highest BCUT2D eigenvalue weighted by molar-refractivity contribution is 5.69. The fraction of sp³-hybridized carbons (Fsp3) is 0.400. The molecule has 0 N–H and O–H groups in total. The molecule has 0 fully saturated rings. The number of rotatable bonds is 4. The second kappa shape index (κ2) is 5.55. The molecule has 0 atom stereocenters. The minimum atomic E-state index is 0.563. The lowest BCUT2D eigenvalue weighted by atomic mass is 10.1. The second-order valence-electron chi connectivity index (χ2n) is 5.59. The van der Waals surface area contributed by atoms with Crippen LogP contribution in [0.25, 0.3) is 22.6 Å². The van der Waals surface area contributed by atoms with Crippen molar-refractivity contribution >= 4 is 11.3 Å². The predicted octanol–water partition coefficient (Wildman–Crippen LogP) is 2.64. The minimum absolute atomic E-state index is 0.563. The average Bonchev–Trinajstić information content (AvgIpc) is 2.93. The normalized spacial score (nSPS) is 11.4. The molecule has 6 nitrogen and oxygen atoms in total. The molecular weight excluding hydrogens is 264 g/mol. The van der Waals surface area contributed by atoms with Gasteiger partial charge in [-0.3, -0.25) is 4.68 Å². The van der Waals surface area contributed by atoms with E-state index in [1.807, 2.05) is 24.0 Å². The van der Waals surface area contributed by atoms with E-state index in [9.17, 15) is 0 Å². The van der Waals surface area contributed by atoms with Crippen LogP contribution in [0.2, 0.25) is 0 Å². The van der Waals surface area contributed by atoms with E-state index in [-0.39, 0.29) is 0 Å². The van der Waals surface area contributed by atoms with Gasteiger partial charge in [0.25, 0.3) is 0 Å². The van der Waals surface area contributed by atoms with Gasteiger partial charge in [-0.15, -0.1) is 0 Å². The van der Waals surface area contributed by atoms with Gasteiger partial charge in [0.15, 0.2) is 11.3 Å². The van der Waals surface area contributed by atoms with Crippen LogP contribution in [0.3, 0.4) is 0 Å². The molecule has 108 valence electrons. The van der Waals surface area contributed by atoms with Gasteiger partial charge in [-0.2, -0.15) is 5.10 Å². The molecular formula is C15H18N6. The number of aryl methyl sites for hydroxylation is 2. The van der Waals surface area contributed by atoms with Crippen molar-refractivity contribution in [2.45, 2.75) is 33.7 Å². The van der Waals surface area contributed by atoms with Crippen LogP contribution >= 0.6 is 0 Å². The lowest BCUT2D eigenvalue weighted by Crippen LogP contribution is -2.01. The highest BCUT2D eigenvalue weighted by Crippen LogP contribution is 2.17. The largest absolute Gasteiger partial charge is 0.272 e. The maximum atomic E-state index is 4.51. The molecule has 0 unspecified atom stereocenters. The Kier molecular flexibility index (Phi) is 3.60. The number of fused-ring (bicyclic) bond motifs is 1. The SMILES string of the molecule is Cc1cnc2nc(-c3cnn(CCC(C)C)c3)cnc2n1. The first kappa shape index (κ1) is 13.6. The third-order valence-electron chi connectivity index (χ3n) is 3.26. The molecule has 0 aliphatic carbocycles. The molecule has 3 rings (SSSR count). The van der Waals surface area contributed by atoms with Gasteiger partial charge >= 0.3 is 0 Å². The summed E-state index contributed by atoms with van der Waals surface area (Å²) in [5.41, 5.74) is 3.71. The summed E-state index contributed by atoms with van der Waals surface area (Å²) in [6, 6.07) is 0. The number of hydrogen-bond acceptors (Lipinski definition) is 5. The van der Waals surface area contributed by atoms with Crippen LogP contribution in [-0.2, 0) is 6.54 Å². The summed E-state index contributed by atoms with van der Waals surface area (Å²) < 4.78 is 1.95. The highest BCUT2D eigenvalue weighted by atomic mass is 15.3. The fourth-order valence-electron chi connectivity index (χ4n) is 2.04. The zero-order chi connectivity index (χ0) is 14.8. The summed E-state index contributed by atoms with van der Waals surface area (Å²) in [6.45, 7) is 7.22. The highest BCUT2D eigenvalue weighted by Gasteiger charge is 2.07. The maximum absolute atomic E-state index is 4.51. The summed E-state index contributed by atoms with van der Waals surface area (Å²) in [5, 5.41) is 4.37. The van der Waals surface area contributed by atoms with E-state index < -0.39 is 0 Å². The molecule has 21 heavy (non-hydrogen) atoms. The molecule has 0 aliphatic rings. The quantitative estimate of drug-likeness (QED) is 0.735. The summed E-state index contributed by atoms with van der Waals surface area (Å²) in [7, 11) is 0. The van der Waals surface area contributed by atoms with E-state index in [0.29, 0.717) is 17.2 Å². The standard InChI is InChI=1S/C15H18N6/c1-10(2)4-5-21-9-12(7-18-21)13-8-17-14-15(20-13)16-6-11(3)19-14/h6-10H,4-5H2,1-3H3. The van der Waals surface area contributed by atoms with Crippen molar-refractivity contribution in [1.82, 2.24) is 29.7 Å². The Labute approximate surface area is 123 Å². The van der Waals surface area contributed by atoms with Crippen molar-refractivity contribution in [3.05, 3.63) is 30.5 Å². The van der Waals surface area contributed by atoms with Gasteiger partial charge in [-0.05, 0) is 19.3 Å². The molecule has 0 aliphatic heterocycles. The number of nitrogens with zero attached hydrogens (tertiary/aromatic N) is 6. The lowest BCUT2D eigenvalue weighted by Gasteiger charge is -2.03. The first-order valence-electron chi connectivity index (χ1n) is 7.11. The van der Waals surface area contributed by atoms with Gasteiger partial charge in [-0.25, -0.2) is 19.9 Å². The Morgan fingerprint density at radius 2 is 1.81 bits per heavy atom. The van der Waals surface area contributed by atoms with Gasteiger partial charge in [0.1, 0.15) is 0 Å². The molecule has 0 aromatic carbocycles. The number of hydrogen-bond donors (Lipinski definition) is 0. The van der Waals surface area contributed by atoms with Gasteiger partial charge in [0.2, 0.25) is 0 Å². The van der Waals surface area contributed by atoms with Gasteiger partial charge in [0, 0.05) is 18.3 Å². The molecule has 3 aromatic heterocycles. The number of aromatic nitrogens is 6. The zero-order valence-electron chi connectivity index (χ0n) is 12.5. The topological polar surface area (TPSA) is 69.4 Å². The summed E-state index contributed by atoms with van der Waals surface area (Å²) in [6.07, 6.45) is 8.35. The van der Waals surface area contributed by atoms with E-state index in [1.54, 1.807) is 12.4 Å². The van der Waals surface area contributed by atoms with E-state index in [2.05, 4.69) is 38.9 Å². The van der Waals surface area contributed by atoms with E-state index in [4.69, 9.17) is 0 Å². The predicted molar refractivity (Wildman–Crippen MR) is 80.5 cm³/mol. The van der Waals surface area contributed by atoms with Crippen LogP contribution in [-0.4, -0.2) is 29.7 Å². The van der Waals surface area contributed by atoms with Crippen LogP contribution in [0.5, 0.6) is 0 Å². The van der Waals surface area contributed by atoms with Gasteiger partial charge in [-0.1, -0.05) is 13.8 Å². The van der Waals surface area contributed by atoms with Crippen molar-refractivity contribution < 1.29 is 0 Å². The van der Waals surface area contributed by atoms with Crippen LogP contribution < -0.4 is 0 Å². The Morgan fingerprint density at radius 3 is 2.62 bits per heavy atom. The first-order valence-corrected chi connectivity index (χ1v) is 7.11. The fourth-order valence-corrected chi connectivity index (χ4v) is 2.04. The molecule has 0 saturated heterocycles. The Morgan fingerprint density at radius 1 is 1.05 bits per heavy atom. The second-order valence-corrected chi connectivity index (χ2v) is 5.59. The monoisotopic (exact) mass is 282 g/mol. The third-order valence-corrected chi connectivity index (χ3v) is 3.26. The Bertz CT molecular complexity index is 762. The molecule has 0 bridgehead atoms. The first-order chi connectivity index (χ1) is 10.1. The molecule has 0 radical (unpaired) electrons.